The minimum Gasteiger partial charge on any atom is -0.395 e. The Bertz CT molecular complexity index is 1650. The van der Waals surface area contributed by atoms with E-state index in [9.17, 15) is 8.42 Å². The maximum Gasteiger partial charge on any atom is 0.152 e. The van der Waals surface area contributed by atoms with Crippen LogP contribution in [0.2, 0.25) is 0 Å². The SMILES string of the molecule is CC(C)CN1CCOCC1.CC(C)N1CCN(C2CC2)CC1.CC(C)N1CCN(CCO)CC1.CC(C)N1CCOCC1.CC(C)N1CCS(=O)(=O)CC1.CC1CCN(C(C)C)CC1.CC1CN(C(C)C)CCO1.CCN1CCN(C(C)C)CC1. The summed E-state index contributed by atoms with van der Waals surface area (Å²) in [5, 5.41) is 8.74. The lowest BCUT2D eigenvalue weighted by Gasteiger charge is -2.37. The molecule has 0 spiro atoms. The third-order valence-electron chi connectivity index (χ3n) is 18.4. The van der Waals surface area contributed by atoms with Crippen LogP contribution < -0.4 is 0 Å². The number of likely N-dealkylation sites (tertiary alicyclic amines) is 1. The molecule has 9 rings (SSSR count). The number of morpholine rings is 3. The Morgan fingerprint density at radius 3 is 1.13 bits per heavy atom. The van der Waals surface area contributed by atoms with Crippen LogP contribution in [-0.2, 0) is 24.0 Å². The molecule has 9 fully saturated rings. The minimum atomic E-state index is -2.69. The molecule has 0 aromatic heterocycles. The van der Waals surface area contributed by atoms with Crippen LogP contribution in [0.25, 0.3) is 0 Å². The molecule has 18 heteroatoms. The van der Waals surface area contributed by atoms with E-state index in [0.29, 0.717) is 61.5 Å². The predicted octanol–water partition coefficient (Wildman–Crippen LogP) is 7.28. The number of hydrogen-bond donors (Lipinski definition) is 1. The number of sulfone groups is 1. The number of hydrogen-bond acceptors (Lipinski definition) is 17. The van der Waals surface area contributed by atoms with Crippen molar-refractivity contribution in [2.24, 2.45) is 11.8 Å². The lowest BCUT2D eigenvalue weighted by atomic mass is 9.98. The summed E-state index contributed by atoms with van der Waals surface area (Å²) in [4.78, 5) is 27.2. The summed E-state index contributed by atoms with van der Waals surface area (Å²) >= 11 is 0. The summed E-state index contributed by atoms with van der Waals surface area (Å²) in [6.07, 6.45) is 6.15. The summed E-state index contributed by atoms with van der Waals surface area (Å²) in [5.41, 5.74) is 0. The van der Waals surface area contributed by atoms with Gasteiger partial charge in [-0.15, -0.1) is 0 Å². The maximum absolute atomic E-state index is 11.0. The number of piperidine rings is 1. The molecule has 1 atom stereocenters. The summed E-state index contributed by atoms with van der Waals surface area (Å²) < 4.78 is 37.8. The summed E-state index contributed by atoms with van der Waals surface area (Å²) in [6.45, 7) is 76.2. The highest BCUT2D eigenvalue weighted by atomic mass is 32.2. The standard InChI is InChI=1S/C10H20N2.C9H20N2O.C9H20N2.C9H19N.2C8H17NO.C7H15NO2S.C7H15NO/c1-9(2)11-5-7-12(8-6-11)10-3-4-10;1-9(2)11-5-3-10(4-6-11)7-8-12;1-4-10-5-7-11(8-6-10)9(2)3;1-8(2)10-6-4-9(3)5-7-10;1-7(2)9-4-5-10-8(3)6-9;1-8(2)7-9-3-5-10-6-4-9;1-7(2)8-3-5-11(9,10)6-4-8;1-7(2)8-3-5-9-6-4-8/h9-10H,3-8H2,1-2H3;9,12H,3-8H2,1-2H3;9H,4-8H2,1-3H3;8-9H,4-7H2,1-3H3;7-8H,4-6H2,1-3H3;8H,3-7H2,1-2H3;7H,3-6H2,1-2H3;7H,3-6H2,1-2H3. The number of ether oxygens (including phenoxy) is 3. The Morgan fingerprint density at radius 1 is 0.412 bits per heavy atom. The molecule has 9 aliphatic rings. The molecule has 17 nitrogen and oxygen atoms in total. The first kappa shape index (κ1) is 80.4. The van der Waals surface area contributed by atoms with E-state index < -0.39 is 9.84 Å². The average molecular weight is 1230 g/mol. The van der Waals surface area contributed by atoms with Gasteiger partial charge in [0.1, 0.15) is 0 Å². The van der Waals surface area contributed by atoms with Crippen LogP contribution in [0.3, 0.4) is 0 Å². The van der Waals surface area contributed by atoms with E-state index in [1.165, 1.54) is 104 Å². The Balaban J connectivity index is 0.000000332. The Morgan fingerprint density at radius 2 is 0.776 bits per heavy atom. The van der Waals surface area contributed by atoms with Gasteiger partial charge in [-0.05, 0) is 161 Å². The van der Waals surface area contributed by atoms with E-state index in [-0.39, 0.29) is 0 Å². The molecule has 8 saturated heterocycles. The zero-order valence-electron chi connectivity index (χ0n) is 59.3. The number of aliphatic hydroxyl groups is 1. The van der Waals surface area contributed by atoms with E-state index in [2.05, 4.69) is 185 Å². The fraction of sp³-hybridized carbons (Fsp3) is 1.00. The average Bonchev–Trinajstić information content (AvgIpc) is 4.44. The van der Waals surface area contributed by atoms with Gasteiger partial charge in [0.2, 0.25) is 0 Å². The van der Waals surface area contributed by atoms with Crippen LogP contribution >= 0.6 is 0 Å². The highest BCUT2D eigenvalue weighted by molar-refractivity contribution is 7.91. The Kier molecular flexibility index (Phi) is 43.1. The topological polar surface area (TPSA) is 118 Å². The van der Waals surface area contributed by atoms with Crippen molar-refractivity contribution in [1.29, 1.82) is 0 Å². The summed E-state index contributed by atoms with van der Waals surface area (Å²) in [5.74, 6) is 2.43. The van der Waals surface area contributed by atoms with Crippen LogP contribution in [0.15, 0.2) is 0 Å². The molecule has 0 bridgehead atoms. The second-order valence-corrected chi connectivity index (χ2v) is 30.4. The molecule has 1 unspecified atom stereocenters. The van der Waals surface area contributed by atoms with E-state index in [1.807, 2.05) is 0 Å². The van der Waals surface area contributed by atoms with Gasteiger partial charge in [0.05, 0.1) is 57.3 Å². The third-order valence-corrected chi connectivity index (χ3v) is 20.1. The number of piperazine rings is 3. The fourth-order valence-electron chi connectivity index (χ4n) is 11.8. The first-order valence-corrected chi connectivity index (χ1v) is 36.7. The predicted molar refractivity (Wildman–Crippen MR) is 363 cm³/mol. The van der Waals surface area contributed by atoms with E-state index in [0.717, 1.165) is 141 Å². The van der Waals surface area contributed by atoms with Crippen molar-refractivity contribution in [2.45, 2.75) is 212 Å². The second kappa shape index (κ2) is 45.6. The number of nitrogens with zero attached hydrogens (tertiary/aromatic N) is 11. The molecule has 1 N–H and O–H groups in total. The number of likely N-dealkylation sites (N-methyl/N-ethyl adjacent to an activating group) is 1. The van der Waals surface area contributed by atoms with Crippen LogP contribution in [-0.4, -0.2) is 337 Å². The van der Waals surface area contributed by atoms with E-state index in [1.54, 1.807) is 0 Å². The zero-order chi connectivity index (χ0) is 63.5. The molecule has 1 saturated carbocycles. The number of aliphatic hydroxyl groups excluding tert-OH is 1. The first-order valence-electron chi connectivity index (χ1n) is 34.9. The molecule has 8 heterocycles. The number of rotatable bonds is 13. The molecule has 0 amide bonds. The smallest absolute Gasteiger partial charge is 0.152 e. The summed E-state index contributed by atoms with van der Waals surface area (Å²) in [7, 11) is -2.69. The molecule has 0 radical (unpaired) electrons. The fourth-order valence-corrected chi connectivity index (χ4v) is 13.0. The molecule has 0 aromatic rings. The van der Waals surface area contributed by atoms with Gasteiger partial charge in [-0.2, -0.15) is 0 Å². The van der Waals surface area contributed by atoms with Crippen molar-refractivity contribution in [3.05, 3.63) is 0 Å². The largest absolute Gasteiger partial charge is 0.395 e. The van der Waals surface area contributed by atoms with Gasteiger partial charge in [-0.1, -0.05) is 27.7 Å². The van der Waals surface area contributed by atoms with Crippen LogP contribution in [0.5, 0.6) is 0 Å². The Labute approximate surface area is 527 Å². The van der Waals surface area contributed by atoms with Crippen molar-refractivity contribution in [3.8, 4) is 0 Å². The van der Waals surface area contributed by atoms with Crippen LogP contribution in [0.4, 0.5) is 0 Å². The Hall–Kier alpha value is -0.650. The second-order valence-electron chi connectivity index (χ2n) is 28.1. The van der Waals surface area contributed by atoms with Gasteiger partial charge in [0.15, 0.2) is 9.84 Å². The molecule has 0 aromatic carbocycles. The highest BCUT2D eigenvalue weighted by Crippen LogP contribution is 2.27. The molecule has 508 valence electrons. The van der Waals surface area contributed by atoms with Crippen molar-refractivity contribution in [3.63, 3.8) is 0 Å². The van der Waals surface area contributed by atoms with Crippen LogP contribution in [0, 0.1) is 11.8 Å². The zero-order valence-corrected chi connectivity index (χ0v) is 60.1. The van der Waals surface area contributed by atoms with Gasteiger partial charge in [-0.25, -0.2) is 8.42 Å². The van der Waals surface area contributed by atoms with Crippen molar-refractivity contribution in [1.82, 2.24) is 53.9 Å². The maximum atomic E-state index is 11.0. The van der Waals surface area contributed by atoms with Crippen molar-refractivity contribution >= 4 is 9.84 Å². The molecule has 85 heavy (non-hydrogen) atoms. The quantitative estimate of drug-likeness (QED) is 0.199. The number of β-amino-alcohol motifs (C(OH)–C–C–N with tert-alkyl or cyclic N) is 1. The van der Waals surface area contributed by atoms with Crippen molar-refractivity contribution in [2.75, 3.05) is 215 Å². The van der Waals surface area contributed by atoms with Gasteiger partial charge in [0.25, 0.3) is 0 Å². The van der Waals surface area contributed by atoms with E-state index in [4.69, 9.17) is 19.3 Å². The highest BCUT2D eigenvalue weighted by Gasteiger charge is 2.32. The van der Waals surface area contributed by atoms with Gasteiger partial charge < -0.3 is 29.1 Å². The van der Waals surface area contributed by atoms with E-state index >= 15 is 0 Å². The third kappa shape index (κ3) is 37.5. The van der Waals surface area contributed by atoms with Gasteiger partial charge in [0, 0.05) is 192 Å². The molecular weight excluding hydrogens is 1090 g/mol. The first-order chi connectivity index (χ1) is 40.2. The van der Waals surface area contributed by atoms with Gasteiger partial charge >= 0.3 is 0 Å². The normalized spacial score (nSPS) is 24.7. The molecule has 8 aliphatic heterocycles. The molecular formula is C67H143N11O6S. The van der Waals surface area contributed by atoms with Crippen molar-refractivity contribution < 1.29 is 27.7 Å². The molecule has 1 aliphatic carbocycles. The summed E-state index contributed by atoms with van der Waals surface area (Å²) in [6, 6.07) is 5.71. The lowest BCUT2D eigenvalue weighted by molar-refractivity contribution is -0.0289. The van der Waals surface area contributed by atoms with Crippen LogP contribution in [0.1, 0.15) is 157 Å². The lowest BCUT2D eigenvalue weighted by Crippen LogP contribution is -2.49. The monoisotopic (exact) mass is 1230 g/mol. The van der Waals surface area contributed by atoms with Gasteiger partial charge in [-0.3, -0.25) is 44.1 Å². The minimum absolute atomic E-state index is 0.293.